The first-order valence-corrected chi connectivity index (χ1v) is 9.47. The molecule has 1 amide bonds. The molecule has 4 rings (SSSR count). The van der Waals surface area contributed by atoms with Gasteiger partial charge in [0.15, 0.2) is 0 Å². The molecule has 0 unspecified atom stereocenters. The summed E-state index contributed by atoms with van der Waals surface area (Å²) < 4.78 is 5.60. The highest BCUT2D eigenvalue weighted by molar-refractivity contribution is 6.06. The summed E-state index contributed by atoms with van der Waals surface area (Å²) in [6.07, 6.45) is 5.09. The van der Waals surface area contributed by atoms with Crippen molar-refractivity contribution in [3.05, 3.63) is 72.1 Å². The molecule has 1 N–H and O–H groups in total. The lowest BCUT2D eigenvalue weighted by Crippen LogP contribution is -2.35. The Bertz CT molecular complexity index is 972. The van der Waals surface area contributed by atoms with Crippen LogP contribution in [-0.2, 0) is 6.42 Å². The van der Waals surface area contributed by atoms with Crippen LogP contribution in [0.25, 0.3) is 0 Å². The Morgan fingerprint density at radius 2 is 1.86 bits per heavy atom. The van der Waals surface area contributed by atoms with Crippen molar-refractivity contribution in [2.75, 3.05) is 23.4 Å². The molecule has 3 aromatic rings. The lowest BCUT2D eigenvalue weighted by Gasteiger charge is -2.29. The van der Waals surface area contributed by atoms with Gasteiger partial charge in [-0.3, -0.25) is 4.79 Å². The van der Waals surface area contributed by atoms with Crippen molar-refractivity contribution in [1.82, 2.24) is 9.97 Å². The molecular formula is C22H22N4O2. The second-order valence-electron chi connectivity index (χ2n) is 6.54. The van der Waals surface area contributed by atoms with Crippen molar-refractivity contribution in [2.45, 2.75) is 19.8 Å². The van der Waals surface area contributed by atoms with Crippen molar-refractivity contribution in [1.29, 1.82) is 0 Å². The van der Waals surface area contributed by atoms with E-state index < -0.39 is 0 Å². The maximum absolute atomic E-state index is 13.0. The molecule has 0 radical (unpaired) electrons. The number of rotatable bonds is 5. The minimum Gasteiger partial charge on any atom is -0.492 e. The number of anilines is 3. The maximum Gasteiger partial charge on any atom is 0.261 e. The van der Waals surface area contributed by atoms with Crippen LogP contribution < -0.4 is 15.0 Å². The molecule has 0 atom stereocenters. The molecule has 2 aromatic carbocycles. The number of hydrogen-bond donors (Lipinski definition) is 1. The summed E-state index contributed by atoms with van der Waals surface area (Å²) in [5.74, 6) is 1.08. The Morgan fingerprint density at radius 1 is 1.11 bits per heavy atom. The number of aromatic nitrogens is 2. The number of amides is 1. The highest BCUT2D eigenvalue weighted by atomic mass is 16.5. The van der Waals surface area contributed by atoms with Gasteiger partial charge < -0.3 is 15.0 Å². The second-order valence-corrected chi connectivity index (χ2v) is 6.54. The molecule has 0 saturated carbocycles. The summed E-state index contributed by atoms with van der Waals surface area (Å²) in [5, 5.41) is 3.15. The second kappa shape index (κ2) is 8.08. The summed E-state index contributed by atoms with van der Waals surface area (Å²) in [6, 6.07) is 15.7. The Morgan fingerprint density at radius 3 is 2.68 bits per heavy atom. The average molecular weight is 374 g/mol. The van der Waals surface area contributed by atoms with E-state index in [-0.39, 0.29) is 5.91 Å². The van der Waals surface area contributed by atoms with E-state index >= 15 is 0 Å². The number of nitrogens with zero attached hydrogens (tertiary/aromatic N) is 3. The minimum absolute atomic E-state index is 0.0755. The van der Waals surface area contributed by atoms with E-state index in [1.807, 2.05) is 54.3 Å². The van der Waals surface area contributed by atoms with Gasteiger partial charge in [-0.25, -0.2) is 9.97 Å². The first-order chi connectivity index (χ1) is 13.8. The number of aryl methyl sites for hydroxylation is 1. The van der Waals surface area contributed by atoms with Gasteiger partial charge >= 0.3 is 0 Å². The van der Waals surface area contributed by atoms with Gasteiger partial charge in [0, 0.05) is 24.6 Å². The molecule has 6 heteroatoms. The van der Waals surface area contributed by atoms with E-state index in [4.69, 9.17) is 4.74 Å². The first-order valence-electron chi connectivity index (χ1n) is 9.47. The standard InChI is InChI=1S/C22H22N4O2/c1-2-28-20-12-6-4-10-18(20)25-22-23-14-17(15-24-22)21(27)26-13-7-9-16-8-3-5-11-19(16)26/h3-6,8,10-12,14-15H,2,7,9,13H2,1H3,(H,23,24,25). The highest BCUT2D eigenvalue weighted by Gasteiger charge is 2.23. The fraction of sp³-hybridized carbons (Fsp3) is 0.227. The summed E-state index contributed by atoms with van der Waals surface area (Å²) in [5.41, 5.74) is 3.44. The number of nitrogens with one attached hydrogen (secondary N) is 1. The molecule has 28 heavy (non-hydrogen) atoms. The fourth-order valence-electron chi connectivity index (χ4n) is 3.38. The van der Waals surface area contributed by atoms with Crippen LogP contribution in [0.1, 0.15) is 29.3 Å². The van der Waals surface area contributed by atoms with Crippen LogP contribution in [0.2, 0.25) is 0 Å². The SMILES string of the molecule is CCOc1ccccc1Nc1ncc(C(=O)N2CCCc3ccccc32)cn1. The largest absolute Gasteiger partial charge is 0.492 e. The van der Waals surface area contributed by atoms with E-state index in [0.717, 1.165) is 30.0 Å². The van der Waals surface area contributed by atoms with Gasteiger partial charge in [0.2, 0.25) is 5.95 Å². The smallest absolute Gasteiger partial charge is 0.261 e. The predicted octanol–water partition coefficient (Wildman–Crippen LogP) is 4.21. The van der Waals surface area contributed by atoms with Gasteiger partial charge in [-0.05, 0) is 43.5 Å². The fourth-order valence-corrected chi connectivity index (χ4v) is 3.38. The monoisotopic (exact) mass is 374 g/mol. The van der Waals surface area contributed by atoms with Gasteiger partial charge in [0.25, 0.3) is 5.91 Å². The Labute approximate surface area is 164 Å². The molecule has 6 nitrogen and oxygen atoms in total. The molecule has 2 heterocycles. The van der Waals surface area contributed by atoms with Crippen LogP contribution in [0.5, 0.6) is 5.75 Å². The lowest BCUT2D eigenvalue weighted by molar-refractivity contribution is 0.0984. The van der Waals surface area contributed by atoms with Crippen LogP contribution in [0.3, 0.4) is 0 Å². The zero-order valence-corrected chi connectivity index (χ0v) is 15.8. The van der Waals surface area contributed by atoms with Crippen LogP contribution in [0, 0.1) is 0 Å². The molecule has 0 spiro atoms. The zero-order valence-electron chi connectivity index (χ0n) is 15.8. The van der Waals surface area contributed by atoms with E-state index in [1.165, 1.54) is 5.56 Å². The highest BCUT2D eigenvalue weighted by Crippen LogP contribution is 2.28. The summed E-state index contributed by atoms with van der Waals surface area (Å²) in [6.45, 7) is 3.22. The predicted molar refractivity (Wildman–Crippen MR) is 109 cm³/mol. The van der Waals surface area contributed by atoms with Crippen molar-refractivity contribution >= 4 is 23.2 Å². The summed E-state index contributed by atoms with van der Waals surface area (Å²) in [7, 11) is 0. The van der Waals surface area contributed by atoms with Crippen molar-refractivity contribution in [2.24, 2.45) is 0 Å². The van der Waals surface area contributed by atoms with Gasteiger partial charge in [-0.15, -0.1) is 0 Å². The molecule has 1 aromatic heterocycles. The van der Waals surface area contributed by atoms with E-state index in [0.29, 0.717) is 24.7 Å². The van der Waals surface area contributed by atoms with Gasteiger partial charge in [-0.2, -0.15) is 0 Å². The van der Waals surface area contributed by atoms with Gasteiger partial charge in [0.05, 0.1) is 17.9 Å². The zero-order chi connectivity index (χ0) is 19.3. The summed E-state index contributed by atoms with van der Waals surface area (Å²) >= 11 is 0. The Balaban J connectivity index is 1.52. The third-order valence-electron chi connectivity index (χ3n) is 4.69. The Hall–Kier alpha value is -3.41. The van der Waals surface area contributed by atoms with Crippen molar-refractivity contribution in [3.63, 3.8) is 0 Å². The van der Waals surface area contributed by atoms with E-state index in [2.05, 4.69) is 21.4 Å². The third kappa shape index (κ3) is 3.67. The van der Waals surface area contributed by atoms with Crippen LogP contribution >= 0.6 is 0 Å². The normalized spacial score (nSPS) is 13.0. The first kappa shape index (κ1) is 18.0. The number of benzene rings is 2. The molecule has 0 saturated heterocycles. The van der Waals surface area contributed by atoms with Crippen molar-refractivity contribution < 1.29 is 9.53 Å². The van der Waals surface area contributed by atoms with Crippen LogP contribution in [0.15, 0.2) is 60.9 Å². The number of ether oxygens (including phenoxy) is 1. The van der Waals surface area contributed by atoms with Crippen LogP contribution in [-0.4, -0.2) is 29.0 Å². The molecule has 1 aliphatic rings. The number of fused-ring (bicyclic) bond motifs is 1. The topological polar surface area (TPSA) is 67.3 Å². The number of carbonyl (C=O) groups is 1. The van der Waals surface area contributed by atoms with Gasteiger partial charge in [-0.1, -0.05) is 30.3 Å². The van der Waals surface area contributed by atoms with Crippen molar-refractivity contribution in [3.8, 4) is 5.75 Å². The average Bonchev–Trinajstić information content (AvgIpc) is 2.75. The summed E-state index contributed by atoms with van der Waals surface area (Å²) in [4.78, 5) is 23.4. The molecular weight excluding hydrogens is 352 g/mol. The minimum atomic E-state index is -0.0755. The van der Waals surface area contributed by atoms with Crippen LogP contribution in [0.4, 0.5) is 17.3 Å². The quantitative estimate of drug-likeness (QED) is 0.724. The van der Waals surface area contributed by atoms with Gasteiger partial charge in [0.1, 0.15) is 5.75 Å². The molecule has 0 fully saturated rings. The molecule has 1 aliphatic heterocycles. The molecule has 0 aliphatic carbocycles. The number of hydrogen-bond acceptors (Lipinski definition) is 5. The maximum atomic E-state index is 13.0. The number of carbonyl (C=O) groups excluding carboxylic acids is 1. The molecule has 0 bridgehead atoms. The lowest BCUT2D eigenvalue weighted by atomic mass is 10.0. The number of para-hydroxylation sites is 3. The van der Waals surface area contributed by atoms with E-state index in [1.54, 1.807) is 12.4 Å². The molecule has 142 valence electrons. The van der Waals surface area contributed by atoms with E-state index in [9.17, 15) is 4.79 Å². The third-order valence-corrected chi connectivity index (χ3v) is 4.69. The Kier molecular flexibility index (Phi) is 5.19.